The highest BCUT2D eigenvalue weighted by Crippen LogP contribution is 2.17. The molecular formula is C21H28F2IN5. The normalized spacial score (nSPS) is 15.0. The van der Waals surface area contributed by atoms with Crippen LogP contribution in [0.15, 0.2) is 47.6 Å². The highest BCUT2D eigenvalue weighted by Gasteiger charge is 2.20. The van der Waals surface area contributed by atoms with Crippen molar-refractivity contribution in [3.8, 4) is 0 Å². The van der Waals surface area contributed by atoms with Gasteiger partial charge in [0.1, 0.15) is 17.5 Å². The number of halogens is 3. The minimum Gasteiger partial charge on any atom is -0.357 e. The van der Waals surface area contributed by atoms with E-state index in [2.05, 4.69) is 25.5 Å². The SMILES string of the molecule is CCNC(=NCCc1cc(F)ccc1F)NC1CCN(c2ccccn2)CC1.I. The molecule has 2 heterocycles. The van der Waals surface area contributed by atoms with Crippen LogP contribution in [0.5, 0.6) is 0 Å². The second-order valence-electron chi connectivity index (χ2n) is 6.84. The number of guanidine groups is 1. The van der Waals surface area contributed by atoms with E-state index in [0.29, 0.717) is 24.6 Å². The number of piperidine rings is 1. The van der Waals surface area contributed by atoms with Crippen LogP contribution >= 0.6 is 24.0 Å². The number of nitrogens with zero attached hydrogens (tertiary/aromatic N) is 3. The molecule has 0 atom stereocenters. The summed E-state index contributed by atoms with van der Waals surface area (Å²) in [6.07, 6.45) is 4.15. The number of anilines is 1. The maximum atomic E-state index is 13.7. The number of pyridine rings is 1. The molecule has 0 bridgehead atoms. The van der Waals surface area contributed by atoms with E-state index in [-0.39, 0.29) is 24.0 Å². The molecule has 29 heavy (non-hydrogen) atoms. The largest absolute Gasteiger partial charge is 0.357 e. The summed E-state index contributed by atoms with van der Waals surface area (Å²) in [6, 6.07) is 9.81. The number of aromatic nitrogens is 1. The highest BCUT2D eigenvalue weighted by atomic mass is 127. The van der Waals surface area contributed by atoms with Gasteiger partial charge in [-0.15, -0.1) is 24.0 Å². The molecule has 0 aliphatic carbocycles. The van der Waals surface area contributed by atoms with Gasteiger partial charge in [-0.1, -0.05) is 6.07 Å². The smallest absolute Gasteiger partial charge is 0.191 e. The van der Waals surface area contributed by atoms with Gasteiger partial charge in [-0.3, -0.25) is 4.99 Å². The Labute approximate surface area is 188 Å². The van der Waals surface area contributed by atoms with E-state index in [1.165, 1.54) is 6.07 Å². The minimum atomic E-state index is -0.426. The van der Waals surface area contributed by atoms with Crippen LogP contribution in [0.3, 0.4) is 0 Å². The van der Waals surface area contributed by atoms with Crippen LogP contribution in [0.2, 0.25) is 0 Å². The summed E-state index contributed by atoms with van der Waals surface area (Å²) in [5, 5.41) is 6.70. The van der Waals surface area contributed by atoms with Crippen LogP contribution in [-0.2, 0) is 6.42 Å². The summed E-state index contributed by atoms with van der Waals surface area (Å²) < 4.78 is 27.0. The molecule has 158 valence electrons. The van der Waals surface area contributed by atoms with Crippen molar-refractivity contribution in [2.45, 2.75) is 32.2 Å². The van der Waals surface area contributed by atoms with E-state index in [1.807, 2.05) is 31.3 Å². The van der Waals surface area contributed by atoms with Crippen LogP contribution < -0.4 is 15.5 Å². The lowest BCUT2D eigenvalue weighted by molar-refractivity contribution is 0.459. The molecule has 1 fully saturated rings. The molecular weight excluding hydrogens is 487 g/mol. The number of nitrogens with one attached hydrogen (secondary N) is 2. The Hall–Kier alpha value is -1.97. The molecule has 1 aromatic carbocycles. The zero-order valence-corrected chi connectivity index (χ0v) is 18.9. The third kappa shape index (κ3) is 7.09. The monoisotopic (exact) mass is 515 g/mol. The molecule has 2 aromatic rings. The van der Waals surface area contributed by atoms with Crippen LogP contribution in [-0.4, -0.2) is 43.2 Å². The summed E-state index contributed by atoms with van der Waals surface area (Å²) >= 11 is 0. The number of hydrogen-bond acceptors (Lipinski definition) is 3. The number of hydrogen-bond donors (Lipinski definition) is 2. The number of benzene rings is 1. The topological polar surface area (TPSA) is 52.6 Å². The Bertz CT molecular complexity index is 780. The molecule has 1 saturated heterocycles. The van der Waals surface area contributed by atoms with Crippen molar-refractivity contribution in [1.29, 1.82) is 0 Å². The zero-order valence-electron chi connectivity index (χ0n) is 16.6. The molecule has 0 saturated carbocycles. The fourth-order valence-electron chi connectivity index (χ4n) is 3.33. The lowest BCUT2D eigenvalue weighted by Crippen LogP contribution is -2.49. The van der Waals surface area contributed by atoms with Gasteiger partial charge in [0, 0.05) is 38.4 Å². The average molecular weight is 515 g/mol. The fraction of sp³-hybridized carbons (Fsp3) is 0.429. The molecule has 8 heteroatoms. The Morgan fingerprint density at radius 2 is 2.00 bits per heavy atom. The van der Waals surface area contributed by atoms with Crippen molar-refractivity contribution >= 4 is 35.8 Å². The van der Waals surface area contributed by atoms with E-state index < -0.39 is 11.6 Å². The molecule has 0 spiro atoms. The predicted molar refractivity (Wildman–Crippen MR) is 124 cm³/mol. The molecule has 1 aliphatic heterocycles. The van der Waals surface area contributed by atoms with E-state index in [0.717, 1.165) is 56.4 Å². The van der Waals surface area contributed by atoms with Gasteiger partial charge in [-0.25, -0.2) is 13.8 Å². The van der Waals surface area contributed by atoms with Gasteiger partial charge in [-0.2, -0.15) is 0 Å². The van der Waals surface area contributed by atoms with Crippen molar-refractivity contribution in [2.75, 3.05) is 31.1 Å². The highest BCUT2D eigenvalue weighted by molar-refractivity contribution is 14.0. The van der Waals surface area contributed by atoms with Gasteiger partial charge in [0.2, 0.25) is 0 Å². The summed E-state index contributed by atoms with van der Waals surface area (Å²) in [5.74, 6) is 0.913. The first-order valence-corrected chi connectivity index (χ1v) is 9.80. The van der Waals surface area contributed by atoms with Crippen molar-refractivity contribution in [1.82, 2.24) is 15.6 Å². The lowest BCUT2D eigenvalue weighted by Gasteiger charge is -2.33. The van der Waals surface area contributed by atoms with Crippen molar-refractivity contribution in [3.63, 3.8) is 0 Å². The Morgan fingerprint density at radius 3 is 2.69 bits per heavy atom. The van der Waals surface area contributed by atoms with Crippen molar-refractivity contribution in [3.05, 3.63) is 59.8 Å². The molecule has 0 unspecified atom stereocenters. The maximum absolute atomic E-state index is 13.7. The number of rotatable bonds is 6. The summed E-state index contributed by atoms with van der Waals surface area (Å²) in [5.41, 5.74) is 0.350. The number of aliphatic imine (C=N–C) groups is 1. The van der Waals surface area contributed by atoms with E-state index in [4.69, 9.17) is 0 Å². The molecule has 0 radical (unpaired) electrons. The third-order valence-electron chi connectivity index (χ3n) is 4.81. The quantitative estimate of drug-likeness (QED) is 0.350. The zero-order chi connectivity index (χ0) is 19.8. The van der Waals surface area contributed by atoms with Gasteiger partial charge in [0.15, 0.2) is 5.96 Å². The van der Waals surface area contributed by atoms with E-state index in [9.17, 15) is 8.78 Å². The van der Waals surface area contributed by atoms with Crippen LogP contribution in [0.25, 0.3) is 0 Å². The second kappa shape index (κ2) is 11.9. The third-order valence-corrected chi connectivity index (χ3v) is 4.81. The summed E-state index contributed by atoms with van der Waals surface area (Å²) in [4.78, 5) is 11.2. The molecule has 5 nitrogen and oxygen atoms in total. The average Bonchev–Trinajstić information content (AvgIpc) is 2.72. The van der Waals surface area contributed by atoms with Crippen molar-refractivity contribution in [2.24, 2.45) is 4.99 Å². The fourth-order valence-corrected chi connectivity index (χ4v) is 3.33. The second-order valence-corrected chi connectivity index (χ2v) is 6.84. The molecule has 0 amide bonds. The van der Waals surface area contributed by atoms with Crippen LogP contribution in [0, 0.1) is 11.6 Å². The van der Waals surface area contributed by atoms with E-state index in [1.54, 1.807) is 0 Å². The minimum absolute atomic E-state index is 0. The molecule has 3 rings (SSSR count). The van der Waals surface area contributed by atoms with Gasteiger partial charge in [0.25, 0.3) is 0 Å². The summed E-state index contributed by atoms with van der Waals surface area (Å²) in [7, 11) is 0. The van der Waals surface area contributed by atoms with Gasteiger partial charge < -0.3 is 15.5 Å². The Balaban J connectivity index is 0.00000300. The van der Waals surface area contributed by atoms with Gasteiger partial charge in [0.05, 0.1) is 0 Å². The van der Waals surface area contributed by atoms with Gasteiger partial charge in [-0.05, 0) is 62.1 Å². The van der Waals surface area contributed by atoms with Crippen LogP contribution in [0.4, 0.5) is 14.6 Å². The first kappa shape index (κ1) is 23.3. The van der Waals surface area contributed by atoms with Crippen LogP contribution in [0.1, 0.15) is 25.3 Å². The Morgan fingerprint density at radius 1 is 1.21 bits per heavy atom. The first-order valence-electron chi connectivity index (χ1n) is 9.80. The molecule has 1 aromatic heterocycles. The van der Waals surface area contributed by atoms with Crippen molar-refractivity contribution < 1.29 is 8.78 Å². The Kier molecular flexibility index (Phi) is 9.56. The predicted octanol–water partition coefficient (Wildman–Crippen LogP) is 3.74. The van der Waals surface area contributed by atoms with E-state index >= 15 is 0 Å². The molecule has 1 aliphatic rings. The molecule has 2 N–H and O–H groups in total. The standard InChI is InChI=1S/C21H27F2N5.HI/c1-2-24-21(26-12-8-16-15-17(22)6-7-19(16)23)27-18-9-13-28(14-10-18)20-5-3-4-11-25-20;/h3-7,11,15,18H,2,8-10,12-14H2,1H3,(H2,24,26,27);1H. The maximum Gasteiger partial charge on any atom is 0.191 e. The summed E-state index contributed by atoms with van der Waals surface area (Å²) in [6.45, 7) is 5.01. The lowest BCUT2D eigenvalue weighted by atomic mass is 10.1. The van der Waals surface area contributed by atoms with Gasteiger partial charge >= 0.3 is 0 Å². The first-order chi connectivity index (χ1) is 13.7.